The topological polar surface area (TPSA) is 180 Å². The van der Waals surface area contributed by atoms with Gasteiger partial charge in [0.15, 0.2) is 0 Å². The molecule has 0 bridgehead atoms. The van der Waals surface area contributed by atoms with Crippen LogP contribution in [-0.2, 0) is 31.6 Å². The van der Waals surface area contributed by atoms with E-state index in [0.717, 1.165) is 0 Å². The summed E-state index contributed by atoms with van der Waals surface area (Å²) in [5.41, 5.74) is 0. The molecule has 0 aromatic rings. The minimum Gasteiger partial charge on any atom is -0.790 e. The maximum atomic E-state index is 11.2. The number of hydrogen-bond donors (Lipinski definition) is 0. The van der Waals surface area contributed by atoms with E-state index < -0.39 is 36.2 Å². The highest BCUT2D eigenvalue weighted by atomic mass is 31.3. The Morgan fingerprint density at radius 2 is 1.52 bits per heavy atom. The van der Waals surface area contributed by atoms with E-state index in [4.69, 9.17) is 4.74 Å². The third-order valence-electron chi connectivity index (χ3n) is 2.14. The molecule has 0 amide bonds. The van der Waals surface area contributed by atoms with Crippen LogP contribution in [-0.4, -0.2) is 18.8 Å². The first-order chi connectivity index (χ1) is 9.89. The van der Waals surface area contributed by atoms with Crippen LogP contribution < -0.4 is 19.6 Å². The largest absolute Gasteiger partial charge is 0.790 e. The Hall–Kier alpha value is 0.300. The van der Waals surface area contributed by atoms with Crippen molar-refractivity contribution in [2.45, 2.75) is 45.8 Å². The molecule has 0 aromatic heterocycles. The predicted octanol–water partition coefficient (Wildman–Crippen LogP) is -0.452. The summed E-state index contributed by atoms with van der Waals surface area (Å²) in [6, 6.07) is 0. The molecule has 1 heterocycles. The van der Waals surface area contributed by atoms with Gasteiger partial charge < -0.3 is 33.4 Å². The second-order valence-corrected chi connectivity index (χ2v) is 8.19. The average molecular weight is 402 g/mol. The number of hydrogen-bond acceptors (Lipinski definition) is 11. The van der Waals surface area contributed by atoms with E-state index in [1.807, 2.05) is 13.8 Å². The van der Waals surface area contributed by atoms with Crippen molar-refractivity contribution < 1.29 is 55.9 Å². The first-order valence-electron chi connectivity index (χ1n) is 6.25. The molecule has 1 aliphatic heterocycles. The average Bonchev–Trinajstić information content (AvgIpc) is 2.70. The van der Waals surface area contributed by atoms with Gasteiger partial charge in [0.05, 0.1) is 26.6 Å². The highest BCUT2D eigenvalue weighted by molar-refractivity contribution is 7.64. The van der Waals surface area contributed by atoms with Crippen LogP contribution in [0.2, 0.25) is 0 Å². The van der Waals surface area contributed by atoms with Crippen LogP contribution in [0.4, 0.5) is 4.70 Å². The molecular weight excluding hydrogens is 384 g/mol. The molecule has 1 fully saturated rings. The molecular formula is C8H18FO11P3-4. The van der Waals surface area contributed by atoms with Crippen molar-refractivity contribution in [3.63, 3.8) is 0 Å². The van der Waals surface area contributed by atoms with Crippen molar-refractivity contribution in [3.8, 4) is 0 Å². The molecule has 0 N–H and O–H groups in total. The number of halogens is 1. The third kappa shape index (κ3) is 12.3. The molecule has 0 spiro atoms. The fraction of sp³-hybridized carbons (Fsp3) is 1.00. The molecule has 4 atom stereocenters. The van der Waals surface area contributed by atoms with Crippen molar-refractivity contribution in [3.05, 3.63) is 0 Å². The fourth-order valence-electron chi connectivity index (χ4n) is 1.47. The van der Waals surface area contributed by atoms with Gasteiger partial charge >= 0.3 is 0 Å². The first kappa shape index (κ1) is 25.5. The summed E-state index contributed by atoms with van der Waals surface area (Å²) in [5, 5.41) is 0. The zero-order valence-corrected chi connectivity index (χ0v) is 15.2. The maximum absolute atomic E-state index is 11.2. The van der Waals surface area contributed by atoms with Crippen LogP contribution in [0.3, 0.4) is 0 Å². The SMILES string of the molecule is CC.C[C@H]1CC[C@@H](COP(=O)([O-])OP(=O)([O-])OP(=O)([O-])[O-])O1.F. The lowest BCUT2D eigenvalue weighted by molar-refractivity contribution is -0.339. The second kappa shape index (κ2) is 10.3. The lowest BCUT2D eigenvalue weighted by atomic mass is 10.2. The number of phosphoric ester groups is 1. The van der Waals surface area contributed by atoms with Crippen LogP contribution in [0.25, 0.3) is 0 Å². The summed E-state index contributed by atoms with van der Waals surface area (Å²) in [6.45, 7) is 5.25. The van der Waals surface area contributed by atoms with Crippen molar-refractivity contribution >= 4 is 23.5 Å². The Morgan fingerprint density at radius 1 is 1.00 bits per heavy atom. The molecule has 2 unspecified atom stereocenters. The van der Waals surface area contributed by atoms with Gasteiger partial charge in [-0.2, -0.15) is 0 Å². The summed E-state index contributed by atoms with van der Waals surface area (Å²) in [5.74, 6) is 0. The van der Waals surface area contributed by atoms with Gasteiger partial charge in [0.2, 0.25) is 0 Å². The Morgan fingerprint density at radius 3 is 1.91 bits per heavy atom. The van der Waals surface area contributed by atoms with E-state index in [-0.39, 0.29) is 10.8 Å². The summed E-state index contributed by atoms with van der Waals surface area (Å²) in [4.78, 5) is 42.2. The van der Waals surface area contributed by atoms with Gasteiger partial charge in [-0.3, -0.25) is 18.1 Å². The Balaban J connectivity index is 0. The minimum atomic E-state index is -5.96. The second-order valence-electron chi connectivity index (χ2n) is 3.95. The molecule has 0 aliphatic carbocycles. The van der Waals surface area contributed by atoms with Gasteiger partial charge in [0.25, 0.3) is 15.6 Å². The van der Waals surface area contributed by atoms with Crippen molar-refractivity contribution in [1.82, 2.24) is 0 Å². The van der Waals surface area contributed by atoms with Gasteiger partial charge in [-0.15, -0.1) is 0 Å². The van der Waals surface area contributed by atoms with Crippen LogP contribution >= 0.6 is 23.5 Å². The molecule has 15 heteroatoms. The van der Waals surface area contributed by atoms with E-state index in [1.165, 1.54) is 0 Å². The van der Waals surface area contributed by atoms with Gasteiger partial charge in [0, 0.05) is 0 Å². The van der Waals surface area contributed by atoms with E-state index in [0.29, 0.717) is 12.8 Å². The van der Waals surface area contributed by atoms with Gasteiger partial charge in [-0.1, -0.05) is 13.8 Å². The molecule has 0 saturated carbocycles. The summed E-state index contributed by atoms with van der Waals surface area (Å²) in [7, 11) is -17.3. The highest BCUT2D eigenvalue weighted by Crippen LogP contribution is 2.60. The summed E-state index contributed by atoms with van der Waals surface area (Å²) >= 11 is 0. The van der Waals surface area contributed by atoms with E-state index >= 15 is 0 Å². The maximum Gasteiger partial charge on any atom is 0.278 e. The molecule has 0 aromatic carbocycles. The van der Waals surface area contributed by atoms with Crippen molar-refractivity contribution in [1.29, 1.82) is 0 Å². The highest BCUT2D eigenvalue weighted by Gasteiger charge is 2.26. The zero-order valence-electron chi connectivity index (χ0n) is 12.5. The Bertz CT molecular complexity index is 480. The Labute approximate surface area is 132 Å². The number of ether oxygens (including phenoxy) is 1. The number of rotatable bonds is 7. The third-order valence-corrected chi connectivity index (χ3v) is 5.80. The molecule has 1 rings (SSSR count). The predicted molar refractivity (Wildman–Crippen MR) is 68.4 cm³/mol. The van der Waals surface area contributed by atoms with Gasteiger partial charge in [-0.25, -0.2) is 4.31 Å². The fourth-order valence-corrected chi connectivity index (χ4v) is 4.35. The van der Waals surface area contributed by atoms with Gasteiger partial charge in [-0.05, 0) is 19.8 Å². The van der Waals surface area contributed by atoms with E-state index in [9.17, 15) is 33.3 Å². The van der Waals surface area contributed by atoms with Crippen LogP contribution in [0.15, 0.2) is 0 Å². The summed E-state index contributed by atoms with van der Waals surface area (Å²) in [6.07, 6.45) is 0.531. The normalized spacial score (nSPS) is 26.2. The zero-order chi connectivity index (χ0) is 17.6. The minimum absolute atomic E-state index is 0. The molecule has 0 radical (unpaired) electrons. The number of phosphoric acid groups is 3. The van der Waals surface area contributed by atoms with Gasteiger partial charge in [0.1, 0.15) is 0 Å². The van der Waals surface area contributed by atoms with E-state index in [2.05, 4.69) is 13.1 Å². The quantitative estimate of drug-likeness (QED) is 0.503. The monoisotopic (exact) mass is 402 g/mol. The van der Waals surface area contributed by atoms with Crippen LogP contribution in [0, 0.1) is 0 Å². The van der Waals surface area contributed by atoms with E-state index in [1.54, 1.807) is 6.92 Å². The van der Waals surface area contributed by atoms with Crippen LogP contribution in [0.1, 0.15) is 33.6 Å². The lowest BCUT2D eigenvalue weighted by Gasteiger charge is -2.37. The lowest BCUT2D eigenvalue weighted by Crippen LogP contribution is -2.22. The summed E-state index contributed by atoms with van der Waals surface area (Å²) < 4.78 is 47.9. The molecule has 23 heavy (non-hydrogen) atoms. The molecule has 1 aliphatic rings. The van der Waals surface area contributed by atoms with Crippen molar-refractivity contribution in [2.75, 3.05) is 6.61 Å². The van der Waals surface area contributed by atoms with Crippen molar-refractivity contribution in [2.24, 2.45) is 0 Å². The first-order valence-corrected chi connectivity index (χ1v) is 10.6. The molecule has 11 nitrogen and oxygen atoms in total. The molecule has 1 saturated heterocycles. The molecule has 142 valence electrons. The Kier molecular flexibility index (Phi) is 11.5. The standard InChI is InChI=1S/C6H15O11P3.C2H6.FH/c1-5-2-3-6(15-5)4-14-19(10,11)17-20(12,13)16-18(7,8)9;1-2;/h5-6H,2-4H2,1H3,(H,10,11)(H,12,13)(H2,7,8,9);1-2H3;1H/p-4/t5-,6-;;/m0../s1. The smallest absolute Gasteiger partial charge is 0.278 e. The van der Waals surface area contributed by atoms with Crippen LogP contribution in [0.5, 0.6) is 0 Å².